The maximum Gasteiger partial charge on any atom is 0.326 e. The first-order valence-corrected chi connectivity index (χ1v) is 10.7. The van der Waals surface area contributed by atoms with E-state index in [0.29, 0.717) is 5.02 Å². The molecule has 6 nitrogen and oxygen atoms in total. The highest BCUT2D eigenvalue weighted by Gasteiger charge is 2.61. The monoisotopic (exact) mass is 424 g/mol. The molecule has 5 unspecified atom stereocenters. The summed E-state index contributed by atoms with van der Waals surface area (Å²) in [6, 6.07) is 17.5. The molecule has 30 heavy (non-hydrogen) atoms. The van der Waals surface area contributed by atoms with Crippen molar-refractivity contribution in [3.8, 4) is 0 Å². The minimum Gasteiger partial charge on any atom is -0.322 e. The Morgan fingerprint density at radius 3 is 2.33 bits per heavy atom. The standard InChI is InChI=1S/C23H25ClN4O2/c1-26-20-17(22(29)27(2)23(26)30)19(15-6-4-3-5-7-15)28-13-12-25-18(21(20)28)14-8-10-16(24)11-9-14/h3-11,17-21,25H,12-13H2,1-2H3. The summed E-state index contributed by atoms with van der Waals surface area (Å²) in [6.45, 7) is 1.63. The molecule has 3 aliphatic rings. The Balaban J connectivity index is 1.64. The van der Waals surface area contributed by atoms with Gasteiger partial charge in [-0.25, -0.2) is 4.79 Å². The second-order valence-corrected chi connectivity index (χ2v) is 8.81. The van der Waals surface area contributed by atoms with Crippen LogP contribution < -0.4 is 5.32 Å². The van der Waals surface area contributed by atoms with E-state index >= 15 is 0 Å². The Morgan fingerprint density at radius 1 is 0.933 bits per heavy atom. The van der Waals surface area contributed by atoms with E-state index < -0.39 is 0 Å². The molecule has 2 aromatic rings. The molecule has 5 atom stereocenters. The van der Waals surface area contributed by atoms with Crippen LogP contribution >= 0.6 is 11.6 Å². The number of hydrogen-bond acceptors (Lipinski definition) is 4. The first-order chi connectivity index (χ1) is 14.5. The van der Waals surface area contributed by atoms with Gasteiger partial charge in [-0.15, -0.1) is 0 Å². The lowest BCUT2D eigenvalue weighted by molar-refractivity contribution is -0.137. The quantitative estimate of drug-likeness (QED) is 0.805. The lowest BCUT2D eigenvalue weighted by atomic mass is 9.83. The molecule has 3 fully saturated rings. The van der Waals surface area contributed by atoms with Crippen molar-refractivity contribution in [1.29, 1.82) is 0 Å². The van der Waals surface area contributed by atoms with Gasteiger partial charge in [0.05, 0.1) is 18.0 Å². The Bertz CT molecular complexity index is 967. The summed E-state index contributed by atoms with van der Waals surface area (Å²) in [5, 5.41) is 4.34. The minimum absolute atomic E-state index is 0.00341. The predicted molar refractivity (Wildman–Crippen MR) is 115 cm³/mol. The fraction of sp³-hybridized carbons (Fsp3) is 0.391. The van der Waals surface area contributed by atoms with Gasteiger partial charge in [0.15, 0.2) is 0 Å². The van der Waals surface area contributed by atoms with Crippen LogP contribution in [0.4, 0.5) is 4.79 Å². The van der Waals surface area contributed by atoms with Crippen molar-refractivity contribution in [3.63, 3.8) is 0 Å². The Hall–Kier alpha value is -2.41. The number of carbonyl (C=O) groups excluding carboxylic acids is 2. The smallest absolute Gasteiger partial charge is 0.322 e. The van der Waals surface area contributed by atoms with Crippen molar-refractivity contribution in [1.82, 2.24) is 20.0 Å². The van der Waals surface area contributed by atoms with Gasteiger partial charge in [-0.3, -0.25) is 14.6 Å². The molecule has 0 saturated carbocycles. The summed E-state index contributed by atoms with van der Waals surface area (Å²) >= 11 is 6.12. The first-order valence-electron chi connectivity index (χ1n) is 10.3. The average molecular weight is 425 g/mol. The molecular weight excluding hydrogens is 400 g/mol. The predicted octanol–water partition coefficient (Wildman–Crippen LogP) is 2.92. The van der Waals surface area contributed by atoms with Crippen molar-refractivity contribution in [2.45, 2.75) is 24.2 Å². The van der Waals surface area contributed by atoms with Gasteiger partial charge in [0, 0.05) is 44.3 Å². The Morgan fingerprint density at radius 2 is 1.63 bits per heavy atom. The SMILES string of the molecule is CN1C(=O)C2C(C3C(c4ccc(Cl)cc4)NCCN3C2c2ccccc2)N(C)C1=O. The number of nitrogens with zero attached hydrogens (tertiary/aromatic N) is 3. The number of piperazine rings is 1. The van der Waals surface area contributed by atoms with Gasteiger partial charge < -0.3 is 10.2 Å². The molecule has 156 valence electrons. The van der Waals surface area contributed by atoms with Crippen molar-refractivity contribution < 1.29 is 9.59 Å². The molecule has 7 heteroatoms. The molecule has 5 rings (SSSR count). The largest absolute Gasteiger partial charge is 0.326 e. The van der Waals surface area contributed by atoms with E-state index in [1.54, 1.807) is 11.9 Å². The van der Waals surface area contributed by atoms with Crippen molar-refractivity contribution in [3.05, 3.63) is 70.7 Å². The van der Waals surface area contributed by atoms with Crippen LogP contribution in [-0.2, 0) is 4.79 Å². The number of nitrogens with one attached hydrogen (secondary N) is 1. The zero-order valence-corrected chi connectivity index (χ0v) is 17.8. The number of likely N-dealkylation sites (N-methyl/N-ethyl adjacent to an activating group) is 1. The number of fused-ring (bicyclic) bond motifs is 3. The van der Waals surface area contributed by atoms with Gasteiger partial charge in [-0.2, -0.15) is 0 Å². The van der Waals surface area contributed by atoms with E-state index in [4.69, 9.17) is 11.6 Å². The average Bonchev–Trinajstić information content (AvgIpc) is 3.13. The van der Waals surface area contributed by atoms with Crippen LogP contribution in [0, 0.1) is 5.92 Å². The van der Waals surface area contributed by atoms with Gasteiger partial charge in [-0.1, -0.05) is 54.1 Å². The third-order valence-electron chi connectivity index (χ3n) is 6.90. The molecule has 0 spiro atoms. The van der Waals surface area contributed by atoms with Crippen LogP contribution in [0.1, 0.15) is 23.2 Å². The highest BCUT2D eigenvalue weighted by Crippen LogP contribution is 2.50. The zero-order valence-electron chi connectivity index (χ0n) is 17.0. The molecule has 3 saturated heterocycles. The Labute approximate surface area is 181 Å². The topological polar surface area (TPSA) is 55.9 Å². The van der Waals surface area contributed by atoms with Crippen molar-refractivity contribution in [2.75, 3.05) is 27.2 Å². The fourth-order valence-corrected chi connectivity index (χ4v) is 5.73. The van der Waals surface area contributed by atoms with Gasteiger partial charge in [0.25, 0.3) is 0 Å². The molecule has 3 amide bonds. The lowest BCUT2D eigenvalue weighted by Crippen LogP contribution is -2.63. The van der Waals surface area contributed by atoms with E-state index in [2.05, 4.69) is 22.3 Å². The third-order valence-corrected chi connectivity index (χ3v) is 7.15. The normalized spacial score (nSPS) is 31.6. The van der Waals surface area contributed by atoms with Crippen molar-refractivity contribution in [2.24, 2.45) is 5.92 Å². The fourth-order valence-electron chi connectivity index (χ4n) is 5.60. The Kier molecular flexibility index (Phi) is 4.81. The third kappa shape index (κ3) is 2.86. The van der Waals surface area contributed by atoms with Gasteiger partial charge in [0.1, 0.15) is 0 Å². The lowest BCUT2D eigenvalue weighted by Gasteiger charge is -2.45. The van der Waals surface area contributed by atoms with E-state index in [9.17, 15) is 9.59 Å². The van der Waals surface area contributed by atoms with Crippen LogP contribution in [-0.4, -0.2) is 65.9 Å². The second-order valence-electron chi connectivity index (χ2n) is 8.37. The number of benzene rings is 2. The molecule has 0 bridgehead atoms. The number of urea groups is 1. The number of halogens is 1. The molecule has 3 aliphatic heterocycles. The summed E-state index contributed by atoms with van der Waals surface area (Å²) in [5.41, 5.74) is 2.24. The maximum atomic E-state index is 13.4. The maximum absolute atomic E-state index is 13.4. The van der Waals surface area contributed by atoms with Gasteiger partial charge in [-0.05, 0) is 23.3 Å². The minimum atomic E-state index is -0.306. The number of carbonyl (C=O) groups is 2. The summed E-state index contributed by atoms with van der Waals surface area (Å²) < 4.78 is 0. The zero-order chi connectivity index (χ0) is 21.0. The highest BCUT2D eigenvalue weighted by molar-refractivity contribution is 6.30. The van der Waals surface area contributed by atoms with E-state index in [1.165, 1.54) is 4.90 Å². The molecule has 0 aromatic heterocycles. The second kappa shape index (κ2) is 7.38. The number of hydrogen-bond donors (Lipinski definition) is 1. The van der Waals surface area contributed by atoms with Gasteiger partial charge >= 0.3 is 6.03 Å². The molecule has 2 aromatic carbocycles. The van der Waals surface area contributed by atoms with Crippen molar-refractivity contribution >= 4 is 23.5 Å². The van der Waals surface area contributed by atoms with Crippen LogP contribution in [0.3, 0.4) is 0 Å². The molecular formula is C23H25ClN4O2. The van der Waals surface area contributed by atoms with Crippen LogP contribution in [0.5, 0.6) is 0 Å². The van der Waals surface area contributed by atoms with Gasteiger partial charge in [0.2, 0.25) is 5.91 Å². The number of imide groups is 1. The van der Waals surface area contributed by atoms with E-state index in [-0.39, 0.29) is 42.0 Å². The molecule has 1 N–H and O–H groups in total. The number of rotatable bonds is 2. The summed E-state index contributed by atoms with van der Waals surface area (Å²) in [5.74, 6) is -0.402. The van der Waals surface area contributed by atoms with Crippen LogP contribution in [0.2, 0.25) is 5.02 Å². The molecule has 0 radical (unpaired) electrons. The van der Waals surface area contributed by atoms with E-state index in [0.717, 1.165) is 24.2 Å². The summed E-state index contributed by atoms with van der Waals surface area (Å²) in [7, 11) is 3.41. The molecule has 3 heterocycles. The highest BCUT2D eigenvalue weighted by atomic mass is 35.5. The van der Waals surface area contributed by atoms with E-state index in [1.807, 2.05) is 49.5 Å². The van der Waals surface area contributed by atoms with Crippen LogP contribution in [0.25, 0.3) is 0 Å². The summed E-state index contributed by atoms with van der Waals surface area (Å²) in [4.78, 5) is 31.7. The van der Waals surface area contributed by atoms with Crippen LogP contribution in [0.15, 0.2) is 54.6 Å². The summed E-state index contributed by atoms with van der Waals surface area (Å²) in [6.07, 6.45) is 0. The molecule has 0 aliphatic carbocycles. The number of amides is 3. The first kappa shape index (κ1) is 19.5.